The Morgan fingerprint density at radius 1 is 1.04 bits per heavy atom. The molecule has 0 saturated heterocycles. The second kappa shape index (κ2) is 9.37. The van der Waals surface area contributed by atoms with Crippen LogP contribution in [-0.4, -0.2) is 25.1 Å². The number of thiazole rings is 1. The molecule has 1 N–H and O–H groups in total. The molecule has 3 rings (SSSR count). The molecule has 1 amide bonds. The number of ether oxygens (including phenoxy) is 2. The highest BCUT2D eigenvalue weighted by Crippen LogP contribution is 2.34. The quantitative estimate of drug-likeness (QED) is 0.588. The third-order valence-electron chi connectivity index (χ3n) is 4.35. The van der Waals surface area contributed by atoms with Crippen molar-refractivity contribution in [2.75, 3.05) is 14.2 Å². The van der Waals surface area contributed by atoms with Gasteiger partial charge in [0, 0.05) is 29.5 Å². The number of benzene rings is 2. The van der Waals surface area contributed by atoms with Crippen LogP contribution in [0.4, 0.5) is 0 Å². The summed E-state index contributed by atoms with van der Waals surface area (Å²) in [5, 5.41) is 5.92. The van der Waals surface area contributed by atoms with Crippen LogP contribution in [0.5, 0.6) is 11.5 Å². The first-order valence-corrected chi connectivity index (χ1v) is 10.1. The number of hydrogen-bond donors (Lipinski definition) is 1. The van der Waals surface area contributed by atoms with E-state index < -0.39 is 0 Å². The van der Waals surface area contributed by atoms with Gasteiger partial charge in [-0.25, -0.2) is 4.98 Å². The summed E-state index contributed by atoms with van der Waals surface area (Å²) < 4.78 is 10.7. The fourth-order valence-electron chi connectivity index (χ4n) is 2.82. The molecule has 28 heavy (non-hydrogen) atoms. The lowest BCUT2D eigenvalue weighted by molar-refractivity contribution is -0.121. The van der Waals surface area contributed by atoms with Crippen LogP contribution in [0.3, 0.4) is 0 Å². The van der Waals surface area contributed by atoms with Crippen molar-refractivity contribution in [1.82, 2.24) is 10.3 Å². The smallest absolute Gasteiger partial charge is 0.220 e. The van der Waals surface area contributed by atoms with E-state index in [1.165, 1.54) is 0 Å². The summed E-state index contributed by atoms with van der Waals surface area (Å²) in [7, 11) is 3.25. The van der Waals surface area contributed by atoms with Crippen LogP contribution >= 0.6 is 11.3 Å². The molecule has 5 nitrogen and oxygen atoms in total. The number of amides is 1. The second-order valence-electron chi connectivity index (χ2n) is 6.33. The molecular weight excluding hydrogens is 372 g/mol. The predicted octanol–water partition coefficient (Wildman–Crippen LogP) is 4.91. The van der Waals surface area contributed by atoms with Crippen LogP contribution in [0.15, 0.2) is 47.8 Å². The second-order valence-corrected chi connectivity index (χ2v) is 7.19. The maximum absolute atomic E-state index is 11.6. The van der Waals surface area contributed by atoms with Crippen molar-refractivity contribution in [3.63, 3.8) is 0 Å². The molecule has 0 spiro atoms. The summed E-state index contributed by atoms with van der Waals surface area (Å²) >= 11 is 1.60. The van der Waals surface area contributed by atoms with E-state index in [0.29, 0.717) is 24.5 Å². The van der Waals surface area contributed by atoms with Crippen LogP contribution in [0, 0.1) is 0 Å². The Balaban J connectivity index is 1.72. The van der Waals surface area contributed by atoms with Gasteiger partial charge in [-0.3, -0.25) is 4.79 Å². The van der Waals surface area contributed by atoms with Gasteiger partial charge in [0.1, 0.15) is 5.01 Å². The van der Waals surface area contributed by atoms with E-state index in [0.717, 1.165) is 33.8 Å². The molecule has 0 radical (unpaired) electrons. The largest absolute Gasteiger partial charge is 0.493 e. The molecule has 0 unspecified atom stereocenters. The van der Waals surface area contributed by atoms with Crippen molar-refractivity contribution < 1.29 is 14.3 Å². The number of nitrogens with zero attached hydrogens (tertiary/aromatic N) is 1. The van der Waals surface area contributed by atoms with E-state index in [4.69, 9.17) is 14.5 Å². The molecule has 6 heteroatoms. The molecule has 0 aliphatic rings. The van der Waals surface area contributed by atoms with Crippen LogP contribution in [0.2, 0.25) is 0 Å². The van der Waals surface area contributed by atoms with Gasteiger partial charge >= 0.3 is 0 Å². The Morgan fingerprint density at radius 2 is 1.75 bits per heavy atom. The zero-order valence-corrected chi connectivity index (χ0v) is 17.1. The summed E-state index contributed by atoms with van der Waals surface area (Å²) in [5.74, 6) is 1.47. The average Bonchev–Trinajstić information content (AvgIpc) is 3.22. The molecule has 146 valence electrons. The summed E-state index contributed by atoms with van der Waals surface area (Å²) in [6.07, 6.45) is 1.42. The highest BCUT2D eigenvalue weighted by atomic mass is 32.1. The standard InChI is InChI=1S/C22H24N2O3S/c1-4-5-21(25)23-13-15-6-8-16(9-7-15)22-24-18(14-28-22)17-10-11-19(26-2)20(12-17)27-3/h6-12,14H,4-5,13H2,1-3H3,(H,23,25). The fourth-order valence-corrected chi connectivity index (χ4v) is 3.65. The number of hydrogen-bond acceptors (Lipinski definition) is 5. The highest BCUT2D eigenvalue weighted by Gasteiger charge is 2.10. The molecule has 0 saturated carbocycles. The molecule has 2 aromatic carbocycles. The molecule has 3 aromatic rings. The van der Waals surface area contributed by atoms with Crippen molar-refractivity contribution in [1.29, 1.82) is 0 Å². The lowest BCUT2D eigenvalue weighted by Crippen LogP contribution is -2.21. The third-order valence-corrected chi connectivity index (χ3v) is 5.24. The number of methoxy groups -OCH3 is 2. The summed E-state index contributed by atoms with van der Waals surface area (Å²) in [5.41, 5.74) is 4.01. The number of carbonyl (C=O) groups is 1. The lowest BCUT2D eigenvalue weighted by Gasteiger charge is -2.08. The molecule has 0 atom stereocenters. The Labute approximate surface area is 169 Å². The fraction of sp³-hybridized carbons (Fsp3) is 0.273. The van der Waals surface area contributed by atoms with E-state index >= 15 is 0 Å². The number of carbonyl (C=O) groups excluding carboxylic acids is 1. The van der Waals surface area contributed by atoms with Gasteiger partial charge in [0.2, 0.25) is 5.91 Å². The van der Waals surface area contributed by atoms with Crippen molar-refractivity contribution in [3.05, 3.63) is 53.4 Å². The normalized spacial score (nSPS) is 10.5. The predicted molar refractivity (Wildman–Crippen MR) is 113 cm³/mol. The highest BCUT2D eigenvalue weighted by molar-refractivity contribution is 7.13. The average molecular weight is 397 g/mol. The molecule has 0 fully saturated rings. The minimum Gasteiger partial charge on any atom is -0.493 e. The first kappa shape index (κ1) is 19.9. The number of nitrogens with one attached hydrogen (secondary N) is 1. The first-order chi connectivity index (χ1) is 13.6. The van der Waals surface area contributed by atoms with Crippen molar-refractivity contribution in [2.45, 2.75) is 26.3 Å². The minimum atomic E-state index is 0.0889. The zero-order valence-electron chi connectivity index (χ0n) is 16.3. The van der Waals surface area contributed by atoms with E-state index in [1.54, 1.807) is 25.6 Å². The number of rotatable bonds is 8. The topological polar surface area (TPSA) is 60.5 Å². The van der Waals surface area contributed by atoms with Gasteiger partial charge < -0.3 is 14.8 Å². The van der Waals surface area contributed by atoms with E-state index in [2.05, 4.69) is 5.32 Å². The third kappa shape index (κ3) is 4.70. The summed E-state index contributed by atoms with van der Waals surface area (Å²) in [6, 6.07) is 13.9. The zero-order chi connectivity index (χ0) is 19.9. The summed E-state index contributed by atoms with van der Waals surface area (Å²) in [4.78, 5) is 16.4. The molecule has 0 aliphatic heterocycles. The van der Waals surface area contributed by atoms with Crippen molar-refractivity contribution in [2.24, 2.45) is 0 Å². The molecule has 0 bridgehead atoms. The monoisotopic (exact) mass is 396 g/mol. The van der Waals surface area contributed by atoms with Crippen LogP contribution in [0.1, 0.15) is 25.3 Å². The maximum Gasteiger partial charge on any atom is 0.220 e. The Bertz CT molecular complexity index is 935. The summed E-state index contributed by atoms with van der Waals surface area (Å²) in [6.45, 7) is 2.55. The van der Waals surface area contributed by atoms with Gasteiger partial charge in [-0.2, -0.15) is 0 Å². The molecular formula is C22H24N2O3S. The van der Waals surface area contributed by atoms with Crippen LogP contribution < -0.4 is 14.8 Å². The van der Waals surface area contributed by atoms with E-state index in [1.807, 2.05) is 54.8 Å². The van der Waals surface area contributed by atoms with Gasteiger partial charge in [-0.05, 0) is 30.2 Å². The Morgan fingerprint density at radius 3 is 2.43 bits per heavy atom. The number of aromatic nitrogens is 1. The van der Waals surface area contributed by atoms with Crippen LogP contribution in [0.25, 0.3) is 21.8 Å². The molecule has 0 aliphatic carbocycles. The lowest BCUT2D eigenvalue weighted by atomic mass is 10.1. The van der Waals surface area contributed by atoms with Gasteiger partial charge in [-0.1, -0.05) is 31.2 Å². The minimum absolute atomic E-state index is 0.0889. The van der Waals surface area contributed by atoms with E-state index in [9.17, 15) is 4.79 Å². The Hall–Kier alpha value is -2.86. The van der Waals surface area contributed by atoms with Crippen LogP contribution in [-0.2, 0) is 11.3 Å². The van der Waals surface area contributed by atoms with Gasteiger partial charge in [0.15, 0.2) is 11.5 Å². The van der Waals surface area contributed by atoms with Gasteiger partial charge in [-0.15, -0.1) is 11.3 Å². The molecule has 1 heterocycles. The van der Waals surface area contributed by atoms with Gasteiger partial charge in [0.25, 0.3) is 0 Å². The van der Waals surface area contributed by atoms with E-state index in [-0.39, 0.29) is 5.91 Å². The maximum atomic E-state index is 11.6. The molecule has 1 aromatic heterocycles. The Kier molecular flexibility index (Phi) is 6.66. The van der Waals surface area contributed by atoms with Crippen molar-refractivity contribution in [3.8, 4) is 33.3 Å². The SMILES string of the molecule is CCCC(=O)NCc1ccc(-c2nc(-c3ccc(OC)c(OC)c3)cs2)cc1. The van der Waals surface area contributed by atoms with Gasteiger partial charge in [0.05, 0.1) is 19.9 Å². The first-order valence-electron chi connectivity index (χ1n) is 9.18. The van der Waals surface area contributed by atoms with Crippen molar-refractivity contribution >= 4 is 17.2 Å².